The van der Waals surface area contributed by atoms with Crippen molar-refractivity contribution >= 4 is 35.0 Å². The van der Waals surface area contributed by atoms with Crippen LogP contribution in [0.25, 0.3) is 0 Å². The first-order valence-corrected chi connectivity index (χ1v) is 13.7. The number of amides is 3. The first kappa shape index (κ1) is 26.1. The minimum Gasteiger partial charge on any atom is -0.349 e. The average Bonchev–Trinajstić information content (AvgIpc) is 3.70. The molecule has 1 spiro atoms. The molecule has 6 rings (SSSR count). The molecule has 3 amide bonds. The number of pyridine rings is 1. The molecular formula is C28H28ClF3N4O3. The molecule has 0 unspecified atom stereocenters. The van der Waals surface area contributed by atoms with Crippen molar-refractivity contribution < 1.29 is 27.6 Å². The molecule has 1 aromatic heterocycles. The third kappa shape index (κ3) is 4.66. The van der Waals surface area contributed by atoms with Crippen molar-refractivity contribution in [2.45, 2.75) is 56.4 Å². The Labute approximate surface area is 228 Å². The van der Waals surface area contributed by atoms with E-state index in [1.165, 1.54) is 18.2 Å². The van der Waals surface area contributed by atoms with Gasteiger partial charge in [-0.3, -0.25) is 19.4 Å². The SMILES string of the molecule is O=C(N[C@H]1CC[C@H](CN2C(=O)C3(CN(C(=O)C4CC4)C3)c3ccc(F)cc32)CC1)c1cc(Cl)cnc1C(F)F. The van der Waals surface area contributed by atoms with Gasteiger partial charge in [0.2, 0.25) is 11.8 Å². The van der Waals surface area contributed by atoms with Gasteiger partial charge in [0.05, 0.1) is 16.3 Å². The molecule has 0 radical (unpaired) electrons. The molecule has 7 nitrogen and oxygen atoms in total. The lowest BCUT2D eigenvalue weighted by molar-refractivity contribution is -0.145. The predicted molar refractivity (Wildman–Crippen MR) is 137 cm³/mol. The largest absolute Gasteiger partial charge is 0.349 e. The summed E-state index contributed by atoms with van der Waals surface area (Å²) in [6.07, 6.45) is 2.62. The third-order valence-electron chi connectivity index (χ3n) is 8.54. The standard InChI is InChI=1S/C28H28ClF3N4O3/c29-17-9-20(23(24(31)32)33-11-17)25(37)34-19-6-1-15(2-7-19)12-36-22-10-18(30)5-8-21(22)28(27(36)39)13-35(14-28)26(38)16-3-4-16/h5,8-11,15-16,19,24H,1-4,6-7,12-14H2,(H,34,37)/t15-,19-. The van der Waals surface area contributed by atoms with E-state index in [0.717, 1.165) is 24.6 Å². The van der Waals surface area contributed by atoms with Gasteiger partial charge in [-0.25, -0.2) is 13.2 Å². The van der Waals surface area contributed by atoms with Crippen LogP contribution in [-0.2, 0) is 15.0 Å². The summed E-state index contributed by atoms with van der Waals surface area (Å²) in [5, 5.41) is 2.93. The summed E-state index contributed by atoms with van der Waals surface area (Å²) in [4.78, 5) is 46.0. The van der Waals surface area contributed by atoms with Gasteiger partial charge < -0.3 is 15.1 Å². The van der Waals surface area contributed by atoms with Crippen molar-refractivity contribution in [2.24, 2.45) is 11.8 Å². The van der Waals surface area contributed by atoms with Crippen LogP contribution in [0.15, 0.2) is 30.5 Å². The molecule has 2 aliphatic heterocycles. The molecule has 11 heteroatoms. The average molecular weight is 561 g/mol. The number of rotatable bonds is 6. The van der Waals surface area contributed by atoms with Crippen LogP contribution in [0.4, 0.5) is 18.9 Å². The molecule has 2 aliphatic carbocycles. The molecular weight excluding hydrogens is 533 g/mol. The third-order valence-corrected chi connectivity index (χ3v) is 8.75. The van der Waals surface area contributed by atoms with Gasteiger partial charge in [-0.1, -0.05) is 17.7 Å². The monoisotopic (exact) mass is 560 g/mol. The van der Waals surface area contributed by atoms with E-state index in [-0.39, 0.29) is 40.3 Å². The molecule has 39 heavy (non-hydrogen) atoms. The molecule has 1 saturated heterocycles. The Bertz CT molecular complexity index is 1340. The van der Waals surface area contributed by atoms with Gasteiger partial charge in [0.25, 0.3) is 12.3 Å². The molecule has 206 valence electrons. The van der Waals surface area contributed by atoms with E-state index in [0.29, 0.717) is 51.0 Å². The number of nitrogens with zero attached hydrogens (tertiary/aromatic N) is 3. The molecule has 0 atom stereocenters. The summed E-state index contributed by atoms with van der Waals surface area (Å²) in [7, 11) is 0. The number of benzene rings is 1. The van der Waals surface area contributed by atoms with Crippen LogP contribution in [0, 0.1) is 17.7 Å². The first-order chi connectivity index (χ1) is 18.7. The normalized spacial score (nSPS) is 23.7. The fourth-order valence-electron chi connectivity index (χ4n) is 6.27. The second-order valence-electron chi connectivity index (χ2n) is 11.2. The maximum atomic E-state index is 14.2. The number of halogens is 4. The van der Waals surface area contributed by atoms with E-state index in [2.05, 4.69) is 10.3 Å². The number of carbonyl (C=O) groups excluding carboxylic acids is 3. The highest BCUT2D eigenvalue weighted by Gasteiger charge is 2.60. The van der Waals surface area contributed by atoms with Crippen LogP contribution < -0.4 is 10.2 Å². The lowest BCUT2D eigenvalue weighted by atomic mass is 9.74. The first-order valence-electron chi connectivity index (χ1n) is 13.3. The molecule has 1 N–H and O–H groups in total. The highest BCUT2D eigenvalue weighted by Crippen LogP contribution is 2.49. The van der Waals surface area contributed by atoms with Crippen molar-refractivity contribution in [1.29, 1.82) is 0 Å². The number of hydrogen-bond donors (Lipinski definition) is 1. The maximum Gasteiger partial charge on any atom is 0.281 e. The minimum atomic E-state index is -2.90. The van der Waals surface area contributed by atoms with Crippen molar-refractivity contribution in [3.8, 4) is 0 Å². The second kappa shape index (κ2) is 9.80. The number of nitrogens with one attached hydrogen (secondary N) is 1. The van der Waals surface area contributed by atoms with Crippen LogP contribution in [0.3, 0.4) is 0 Å². The number of alkyl halides is 2. The van der Waals surface area contributed by atoms with E-state index in [1.54, 1.807) is 15.9 Å². The van der Waals surface area contributed by atoms with E-state index in [1.807, 2.05) is 0 Å². The van der Waals surface area contributed by atoms with E-state index >= 15 is 0 Å². The summed E-state index contributed by atoms with van der Waals surface area (Å²) in [5.41, 5.74) is -0.305. The number of anilines is 1. The second-order valence-corrected chi connectivity index (χ2v) is 11.6. The minimum absolute atomic E-state index is 0.0791. The zero-order valence-electron chi connectivity index (χ0n) is 21.1. The van der Waals surface area contributed by atoms with Gasteiger partial charge >= 0.3 is 0 Å². The lowest BCUT2D eigenvalue weighted by Crippen LogP contribution is -2.65. The fourth-order valence-corrected chi connectivity index (χ4v) is 6.43. The van der Waals surface area contributed by atoms with Crippen molar-refractivity contribution in [3.05, 3.63) is 58.1 Å². The van der Waals surface area contributed by atoms with Gasteiger partial charge in [-0.15, -0.1) is 0 Å². The van der Waals surface area contributed by atoms with E-state index in [9.17, 15) is 27.6 Å². The maximum absolute atomic E-state index is 14.2. The highest BCUT2D eigenvalue weighted by molar-refractivity contribution is 6.30. The summed E-state index contributed by atoms with van der Waals surface area (Å²) >= 11 is 5.88. The Morgan fingerprint density at radius 2 is 1.82 bits per heavy atom. The number of fused-ring (bicyclic) bond motifs is 2. The van der Waals surface area contributed by atoms with Crippen LogP contribution in [-0.4, -0.2) is 53.3 Å². The predicted octanol–water partition coefficient (Wildman–Crippen LogP) is 4.64. The van der Waals surface area contributed by atoms with Crippen molar-refractivity contribution in [3.63, 3.8) is 0 Å². The fraction of sp³-hybridized carbons (Fsp3) is 0.500. The van der Waals surface area contributed by atoms with Crippen LogP contribution >= 0.6 is 11.6 Å². The summed E-state index contributed by atoms with van der Waals surface area (Å²) in [5.74, 6) is -0.840. The van der Waals surface area contributed by atoms with Gasteiger partial charge in [0, 0.05) is 37.8 Å². The van der Waals surface area contributed by atoms with Crippen LogP contribution in [0.1, 0.15) is 66.6 Å². The van der Waals surface area contributed by atoms with Gasteiger partial charge in [-0.2, -0.15) is 0 Å². The molecule has 4 aliphatic rings. The Hall–Kier alpha value is -3.14. The van der Waals surface area contributed by atoms with E-state index in [4.69, 9.17) is 11.6 Å². The Morgan fingerprint density at radius 1 is 1.10 bits per heavy atom. The zero-order valence-corrected chi connectivity index (χ0v) is 21.9. The Balaban J connectivity index is 1.10. The molecule has 2 saturated carbocycles. The van der Waals surface area contributed by atoms with Gasteiger partial charge in [-0.05, 0) is 68.2 Å². The van der Waals surface area contributed by atoms with Crippen LogP contribution in [0.5, 0.6) is 0 Å². The molecule has 1 aromatic carbocycles. The number of carbonyl (C=O) groups is 3. The summed E-state index contributed by atoms with van der Waals surface area (Å²) < 4.78 is 40.9. The van der Waals surface area contributed by atoms with Crippen molar-refractivity contribution in [1.82, 2.24) is 15.2 Å². The van der Waals surface area contributed by atoms with Crippen molar-refractivity contribution in [2.75, 3.05) is 24.5 Å². The van der Waals surface area contributed by atoms with Gasteiger partial charge in [0.15, 0.2) is 0 Å². The quantitative estimate of drug-likeness (QED) is 0.558. The summed E-state index contributed by atoms with van der Waals surface area (Å²) in [6, 6.07) is 5.43. The topological polar surface area (TPSA) is 82.6 Å². The van der Waals surface area contributed by atoms with Crippen LogP contribution in [0.2, 0.25) is 5.02 Å². The summed E-state index contributed by atoms with van der Waals surface area (Å²) in [6.45, 7) is 1.07. The zero-order chi connectivity index (χ0) is 27.5. The smallest absolute Gasteiger partial charge is 0.281 e. The Morgan fingerprint density at radius 3 is 2.49 bits per heavy atom. The molecule has 3 fully saturated rings. The molecule has 2 aromatic rings. The molecule has 3 heterocycles. The lowest BCUT2D eigenvalue weighted by Gasteiger charge is -2.47. The molecule has 0 bridgehead atoms. The number of aromatic nitrogens is 1. The number of hydrogen-bond acceptors (Lipinski definition) is 4. The highest BCUT2D eigenvalue weighted by atomic mass is 35.5. The van der Waals surface area contributed by atoms with E-state index < -0.39 is 29.3 Å². The Kier molecular flexibility index (Phi) is 6.56. The number of likely N-dealkylation sites (tertiary alicyclic amines) is 1. The van der Waals surface area contributed by atoms with Gasteiger partial charge in [0.1, 0.15) is 16.9 Å².